The van der Waals surface area contributed by atoms with Gasteiger partial charge in [-0.15, -0.1) is 12.4 Å². The summed E-state index contributed by atoms with van der Waals surface area (Å²) < 4.78 is 0. The van der Waals surface area contributed by atoms with Crippen LogP contribution >= 0.6 is 35.6 Å². The Kier molecular flexibility index (Phi) is 5.57. The summed E-state index contributed by atoms with van der Waals surface area (Å²) in [5, 5.41) is 5.88. The molecule has 1 aliphatic rings. The molecule has 6 heteroatoms. The number of benzene rings is 2. The van der Waals surface area contributed by atoms with E-state index in [4.69, 9.17) is 23.2 Å². The molecule has 2 aromatic carbocycles. The van der Waals surface area contributed by atoms with Crippen LogP contribution in [0.5, 0.6) is 0 Å². The van der Waals surface area contributed by atoms with E-state index >= 15 is 0 Å². The molecule has 2 heterocycles. The van der Waals surface area contributed by atoms with Crippen LogP contribution in [0.3, 0.4) is 0 Å². The molecule has 3 aromatic rings. The number of hydrogen-bond donors (Lipinski definition) is 2. The standard InChI is InChI=1S/C19H17Cl2N3.ClH/c20-12-5-6-15(16(21)11-12)19-14(7-8-18-22-9-10-23-18)13-3-1-2-4-17(13)24-19;/h1-6,11,24H,7-10H2,(H,22,23);1H. The minimum Gasteiger partial charge on any atom is -0.372 e. The molecule has 25 heavy (non-hydrogen) atoms. The Balaban J connectivity index is 0.00000182. The summed E-state index contributed by atoms with van der Waals surface area (Å²) >= 11 is 12.5. The zero-order valence-electron chi connectivity index (χ0n) is 13.5. The number of aromatic nitrogens is 1. The minimum absolute atomic E-state index is 0. The number of fused-ring (bicyclic) bond motifs is 1. The van der Waals surface area contributed by atoms with Gasteiger partial charge in [-0.2, -0.15) is 0 Å². The number of nitrogens with one attached hydrogen (secondary N) is 2. The zero-order valence-corrected chi connectivity index (χ0v) is 15.8. The van der Waals surface area contributed by atoms with Gasteiger partial charge in [0.1, 0.15) is 0 Å². The highest BCUT2D eigenvalue weighted by molar-refractivity contribution is 6.36. The number of aromatic amines is 1. The second-order valence-corrected chi connectivity index (χ2v) is 6.75. The maximum Gasteiger partial charge on any atom is 0.0967 e. The van der Waals surface area contributed by atoms with Crippen molar-refractivity contribution in [2.24, 2.45) is 4.99 Å². The number of rotatable bonds is 4. The first kappa shape index (κ1) is 18.1. The fourth-order valence-electron chi connectivity index (χ4n) is 3.24. The molecule has 4 rings (SSSR count). The summed E-state index contributed by atoms with van der Waals surface area (Å²) in [5.74, 6) is 1.09. The number of H-pyrrole nitrogens is 1. The third-order valence-corrected chi connectivity index (χ3v) is 4.92. The van der Waals surface area contributed by atoms with Crippen LogP contribution in [0.1, 0.15) is 12.0 Å². The molecule has 0 spiro atoms. The Morgan fingerprint density at radius 3 is 2.64 bits per heavy atom. The van der Waals surface area contributed by atoms with Crippen molar-refractivity contribution < 1.29 is 0 Å². The van der Waals surface area contributed by atoms with Gasteiger partial charge in [0.25, 0.3) is 0 Å². The third-order valence-electron chi connectivity index (χ3n) is 4.37. The van der Waals surface area contributed by atoms with Crippen molar-refractivity contribution in [3.8, 4) is 11.3 Å². The maximum atomic E-state index is 6.45. The first-order chi connectivity index (χ1) is 11.7. The topological polar surface area (TPSA) is 40.2 Å². The molecule has 2 N–H and O–H groups in total. The number of para-hydroxylation sites is 1. The van der Waals surface area contributed by atoms with Crippen molar-refractivity contribution in [3.63, 3.8) is 0 Å². The average Bonchev–Trinajstić information content (AvgIpc) is 3.20. The molecule has 0 aliphatic carbocycles. The van der Waals surface area contributed by atoms with Gasteiger partial charge < -0.3 is 10.3 Å². The number of nitrogens with zero attached hydrogens (tertiary/aromatic N) is 1. The Labute approximate surface area is 162 Å². The van der Waals surface area contributed by atoms with Crippen molar-refractivity contribution in [1.82, 2.24) is 10.3 Å². The molecule has 1 aromatic heterocycles. The molecule has 0 amide bonds. The highest BCUT2D eigenvalue weighted by Crippen LogP contribution is 2.36. The molecule has 130 valence electrons. The highest BCUT2D eigenvalue weighted by atomic mass is 35.5. The number of halogens is 3. The molecule has 3 nitrogen and oxygen atoms in total. The lowest BCUT2D eigenvalue weighted by Crippen LogP contribution is -2.18. The normalized spacial score (nSPS) is 13.4. The van der Waals surface area contributed by atoms with Gasteiger partial charge in [-0.05, 0) is 36.2 Å². The lowest BCUT2D eigenvalue weighted by Gasteiger charge is -2.08. The van der Waals surface area contributed by atoms with Crippen LogP contribution in [0.25, 0.3) is 22.2 Å². The first-order valence-corrected chi connectivity index (χ1v) is 8.80. The molecule has 0 fully saturated rings. The summed E-state index contributed by atoms with van der Waals surface area (Å²) in [6.07, 6.45) is 1.81. The maximum absolute atomic E-state index is 6.45. The minimum atomic E-state index is 0. The van der Waals surface area contributed by atoms with Crippen molar-refractivity contribution >= 4 is 52.3 Å². The summed E-state index contributed by atoms with van der Waals surface area (Å²) in [6, 6.07) is 14.0. The molecule has 0 radical (unpaired) electrons. The summed E-state index contributed by atoms with van der Waals surface area (Å²) in [7, 11) is 0. The van der Waals surface area contributed by atoms with Gasteiger partial charge in [-0.25, -0.2) is 0 Å². The van der Waals surface area contributed by atoms with Crippen LogP contribution < -0.4 is 5.32 Å². The van der Waals surface area contributed by atoms with E-state index < -0.39 is 0 Å². The number of hydrogen-bond acceptors (Lipinski definition) is 2. The Bertz CT molecular complexity index is 931. The summed E-state index contributed by atoms with van der Waals surface area (Å²) in [5.41, 5.74) is 4.44. The quantitative estimate of drug-likeness (QED) is 0.603. The van der Waals surface area contributed by atoms with E-state index in [2.05, 4.69) is 33.5 Å². The number of aryl methyl sites for hydroxylation is 1. The SMILES string of the molecule is Cl.Clc1ccc(-c2[nH]c3ccccc3c2CCC2=NCCN2)c(Cl)c1. The fraction of sp³-hybridized carbons (Fsp3) is 0.211. The van der Waals surface area contributed by atoms with Gasteiger partial charge in [0, 0.05) is 34.5 Å². The molecule has 0 atom stereocenters. The number of amidine groups is 1. The summed E-state index contributed by atoms with van der Waals surface area (Å²) in [4.78, 5) is 8.03. The second-order valence-electron chi connectivity index (χ2n) is 5.90. The van der Waals surface area contributed by atoms with Crippen LogP contribution in [0.4, 0.5) is 0 Å². The Hall–Kier alpha value is -1.68. The van der Waals surface area contributed by atoms with Crippen molar-refractivity contribution in [2.75, 3.05) is 13.1 Å². The molecular weight excluding hydrogens is 377 g/mol. The predicted molar refractivity (Wildman–Crippen MR) is 110 cm³/mol. The molecular formula is C19H18Cl3N3. The lowest BCUT2D eigenvalue weighted by atomic mass is 10.0. The largest absolute Gasteiger partial charge is 0.372 e. The van der Waals surface area contributed by atoms with Crippen LogP contribution in [0, 0.1) is 0 Å². The highest BCUT2D eigenvalue weighted by Gasteiger charge is 2.16. The van der Waals surface area contributed by atoms with Crippen LogP contribution in [0.15, 0.2) is 47.5 Å². The van der Waals surface area contributed by atoms with Crippen LogP contribution in [0.2, 0.25) is 10.0 Å². The molecule has 0 bridgehead atoms. The zero-order chi connectivity index (χ0) is 16.5. The molecule has 0 saturated carbocycles. The van der Waals surface area contributed by atoms with E-state index in [-0.39, 0.29) is 12.4 Å². The smallest absolute Gasteiger partial charge is 0.0967 e. The van der Waals surface area contributed by atoms with Crippen LogP contribution in [-0.4, -0.2) is 23.9 Å². The molecule has 0 unspecified atom stereocenters. The van der Waals surface area contributed by atoms with Gasteiger partial charge in [-0.3, -0.25) is 4.99 Å². The Morgan fingerprint density at radius 1 is 1.04 bits per heavy atom. The second kappa shape index (κ2) is 7.69. The van der Waals surface area contributed by atoms with E-state index in [0.29, 0.717) is 10.0 Å². The van der Waals surface area contributed by atoms with E-state index in [0.717, 1.165) is 48.5 Å². The van der Waals surface area contributed by atoms with E-state index in [1.54, 1.807) is 6.07 Å². The van der Waals surface area contributed by atoms with Crippen molar-refractivity contribution in [3.05, 3.63) is 58.1 Å². The molecule has 0 saturated heterocycles. The monoisotopic (exact) mass is 393 g/mol. The average molecular weight is 395 g/mol. The molecule has 1 aliphatic heterocycles. The van der Waals surface area contributed by atoms with Crippen molar-refractivity contribution in [2.45, 2.75) is 12.8 Å². The van der Waals surface area contributed by atoms with Gasteiger partial charge in [0.2, 0.25) is 0 Å². The van der Waals surface area contributed by atoms with Gasteiger partial charge in [0.05, 0.1) is 23.1 Å². The van der Waals surface area contributed by atoms with E-state index in [9.17, 15) is 0 Å². The first-order valence-electron chi connectivity index (χ1n) is 8.04. The van der Waals surface area contributed by atoms with E-state index in [1.807, 2.05) is 18.2 Å². The van der Waals surface area contributed by atoms with Gasteiger partial charge >= 0.3 is 0 Å². The van der Waals surface area contributed by atoms with Gasteiger partial charge in [-0.1, -0.05) is 41.4 Å². The van der Waals surface area contributed by atoms with E-state index in [1.165, 1.54) is 10.9 Å². The van der Waals surface area contributed by atoms with Gasteiger partial charge in [0.15, 0.2) is 0 Å². The third kappa shape index (κ3) is 3.64. The predicted octanol–water partition coefficient (Wildman–Crippen LogP) is 5.50. The Morgan fingerprint density at radius 2 is 1.88 bits per heavy atom. The van der Waals surface area contributed by atoms with Crippen LogP contribution in [-0.2, 0) is 6.42 Å². The number of aliphatic imine (C=N–C) groups is 1. The van der Waals surface area contributed by atoms with Crippen molar-refractivity contribution in [1.29, 1.82) is 0 Å². The summed E-state index contributed by atoms with van der Waals surface area (Å²) in [6.45, 7) is 1.82. The lowest BCUT2D eigenvalue weighted by molar-refractivity contribution is 0.936. The fourth-order valence-corrected chi connectivity index (χ4v) is 3.74.